The summed E-state index contributed by atoms with van der Waals surface area (Å²) in [6, 6.07) is 5.37. The van der Waals surface area contributed by atoms with Crippen LogP contribution < -0.4 is 9.47 Å². The Morgan fingerprint density at radius 2 is 2.05 bits per heavy atom. The molecule has 5 heteroatoms. The third kappa shape index (κ3) is 4.28. The molecule has 1 aromatic rings. The van der Waals surface area contributed by atoms with Gasteiger partial charge in [0.2, 0.25) is 5.91 Å². The predicted octanol–water partition coefficient (Wildman–Crippen LogP) is 1.25. The summed E-state index contributed by atoms with van der Waals surface area (Å²) in [6.45, 7) is 4.27. The second-order valence-electron chi connectivity index (χ2n) is 4.22. The van der Waals surface area contributed by atoms with Crippen molar-refractivity contribution in [3.63, 3.8) is 0 Å². The fourth-order valence-electron chi connectivity index (χ4n) is 1.87. The van der Waals surface area contributed by atoms with Crippen LogP contribution in [0.5, 0.6) is 11.5 Å². The monoisotopic (exact) mass is 279 g/mol. The van der Waals surface area contributed by atoms with E-state index in [0.29, 0.717) is 24.6 Å². The van der Waals surface area contributed by atoms with Crippen molar-refractivity contribution in [1.29, 1.82) is 0 Å². The van der Waals surface area contributed by atoms with Gasteiger partial charge in [-0.2, -0.15) is 0 Å². The van der Waals surface area contributed by atoms with Crippen LogP contribution in [0.1, 0.15) is 5.56 Å². The van der Waals surface area contributed by atoms with Gasteiger partial charge in [-0.05, 0) is 17.7 Å². The van der Waals surface area contributed by atoms with Gasteiger partial charge in [-0.1, -0.05) is 12.1 Å². The molecule has 0 unspecified atom stereocenters. The SMILES string of the molecule is C=CCN(CCO)C(=O)Cc1ccc(OC)c(OC)c1. The average molecular weight is 279 g/mol. The van der Waals surface area contributed by atoms with Crippen molar-refractivity contribution in [2.75, 3.05) is 33.9 Å². The Kier molecular flexibility index (Phi) is 6.59. The molecule has 0 saturated carbocycles. The lowest BCUT2D eigenvalue weighted by Crippen LogP contribution is -2.34. The second-order valence-corrected chi connectivity index (χ2v) is 4.22. The molecule has 1 aromatic carbocycles. The molecule has 0 aliphatic carbocycles. The number of aliphatic hydroxyl groups excluding tert-OH is 1. The summed E-state index contributed by atoms with van der Waals surface area (Å²) in [5, 5.41) is 8.96. The fraction of sp³-hybridized carbons (Fsp3) is 0.400. The van der Waals surface area contributed by atoms with Gasteiger partial charge in [0.05, 0.1) is 27.2 Å². The highest BCUT2D eigenvalue weighted by Crippen LogP contribution is 2.27. The van der Waals surface area contributed by atoms with Gasteiger partial charge in [0, 0.05) is 13.1 Å². The van der Waals surface area contributed by atoms with Crippen LogP contribution >= 0.6 is 0 Å². The molecular weight excluding hydrogens is 258 g/mol. The van der Waals surface area contributed by atoms with Gasteiger partial charge in [0.1, 0.15) is 0 Å². The Labute approximate surface area is 119 Å². The summed E-state index contributed by atoms with van der Waals surface area (Å²) in [5.74, 6) is 1.16. The van der Waals surface area contributed by atoms with Crippen molar-refractivity contribution >= 4 is 5.91 Å². The van der Waals surface area contributed by atoms with E-state index in [9.17, 15) is 4.79 Å². The zero-order valence-electron chi connectivity index (χ0n) is 12.0. The highest BCUT2D eigenvalue weighted by atomic mass is 16.5. The van der Waals surface area contributed by atoms with Gasteiger partial charge in [-0.25, -0.2) is 0 Å². The van der Waals surface area contributed by atoms with Crippen molar-refractivity contribution in [1.82, 2.24) is 4.90 Å². The van der Waals surface area contributed by atoms with Crippen molar-refractivity contribution in [3.05, 3.63) is 36.4 Å². The fourth-order valence-corrected chi connectivity index (χ4v) is 1.87. The number of hydrogen-bond donors (Lipinski definition) is 1. The molecule has 0 aliphatic heterocycles. The minimum atomic E-state index is -0.0640. The third-order valence-electron chi connectivity index (χ3n) is 2.88. The lowest BCUT2D eigenvalue weighted by Gasteiger charge is -2.20. The average Bonchev–Trinajstić information content (AvgIpc) is 2.46. The van der Waals surface area contributed by atoms with Crippen LogP contribution in [-0.2, 0) is 11.2 Å². The topological polar surface area (TPSA) is 59.0 Å². The van der Waals surface area contributed by atoms with Crippen LogP contribution in [0.4, 0.5) is 0 Å². The number of carbonyl (C=O) groups is 1. The van der Waals surface area contributed by atoms with Gasteiger partial charge in [0.15, 0.2) is 11.5 Å². The number of hydrogen-bond acceptors (Lipinski definition) is 4. The maximum Gasteiger partial charge on any atom is 0.227 e. The van der Waals surface area contributed by atoms with Crippen LogP contribution in [0.3, 0.4) is 0 Å². The maximum absolute atomic E-state index is 12.1. The largest absolute Gasteiger partial charge is 0.493 e. The first-order valence-corrected chi connectivity index (χ1v) is 6.36. The van der Waals surface area contributed by atoms with E-state index in [2.05, 4.69) is 6.58 Å². The number of methoxy groups -OCH3 is 2. The van der Waals surface area contributed by atoms with Crippen LogP contribution in [-0.4, -0.2) is 49.8 Å². The Bertz CT molecular complexity index is 459. The number of benzene rings is 1. The van der Waals surface area contributed by atoms with E-state index < -0.39 is 0 Å². The van der Waals surface area contributed by atoms with Crippen LogP contribution in [0.15, 0.2) is 30.9 Å². The molecule has 0 aromatic heterocycles. The molecule has 5 nitrogen and oxygen atoms in total. The molecule has 0 heterocycles. The van der Waals surface area contributed by atoms with Gasteiger partial charge in [-0.3, -0.25) is 4.79 Å². The van der Waals surface area contributed by atoms with Gasteiger partial charge >= 0.3 is 0 Å². The van der Waals surface area contributed by atoms with Gasteiger partial charge in [0.25, 0.3) is 0 Å². The lowest BCUT2D eigenvalue weighted by atomic mass is 10.1. The number of carbonyl (C=O) groups excluding carboxylic acids is 1. The summed E-state index contributed by atoms with van der Waals surface area (Å²) in [4.78, 5) is 13.7. The van der Waals surface area contributed by atoms with E-state index in [-0.39, 0.29) is 18.9 Å². The summed E-state index contributed by atoms with van der Waals surface area (Å²) in [5.41, 5.74) is 0.833. The molecule has 0 spiro atoms. The Morgan fingerprint density at radius 3 is 2.60 bits per heavy atom. The molecule has 1 rings (SSSR count). The summed E-state index contributed by atoms with van der Waals surface area (Å²) in [7, 11) is 3.12. The lowest BCUT2D eigenvalue weighted by molar-refractivity contribution is -0.130. The highest BCUT2D eigenvalue weighted by molar-refractivity contribution is 5.79. The molecule has 0 atom stereocenters. The molecule has 110 valence electrons. The molecule has 20 heavy (non-hydrogen) atoms. The Hall–Kier alpha value is -2.01. The first kappa shape index (κ1) is 16.0. The summed E-state index contributed by atoms with van der Waals surface area (Å²) in [6.07, 6.45) is 1.89. The first-order chi connectivity index (χ1) is 9.65. The Morgan fingerprint density at radius 1 is 1.35 bits per heavy atom. The molecule has 0 fully saturated rings. The van der Waals surface area contributed by atoms with E-state index in [0.717, 1.165) is 5.56 Å². The summed E-state index contributed by atoms with van der Waals surface area (Å²) < 4.78 is 10.4. The van der Waals surface area contributed by atoms with Crippen LogP contribution in [0.25, 0.3) is 0 Å². The van der Waals surface area contributed by atoms with E-state index in [1.165, 1.54) is 0 Å². The molecule has 0 aliphatic rings. The van der Waals surface area contributed by atoms with Gasteiger partial charge in [-0.15, -0.1) is 6.58 Å². The number of nitrogens with zero attached hydrogens (tertiary/aromatic N) is 1. The van der Waals surface area contributed by atoms with Crippen molar-refractivity contribution in [3.8, 4) is 11.5 Å². The quantitative estimate of drug-likeness (QED) is 0.728. The summed E-state index contributed by atoms with van der Waals surface area (Å²) >= 11 is 0. The van der Waals surface area contributed by atoms with Crippen molar-refractivity contribution in [2.45, 2.75) is 6.42 Å². The number of aliphatic hydroxyl groups is 1. The molecule has 1 N–H and O–H groups in total. The normalized spacial score (nSPS) is 9.95. The smallest absolute Gasteiger partial charge is 0.227 e. The molecule has 0 saturated heterocycles. The maximum atomic E-state index is 12.1. The van der Waals surface area contributed by atoms with Crippen molar-refractivity contribution in [2.24, 2.45) is 0 Å². The predicted molar refractivity (Wildman–Crippen MR) is 77.1 cm³/mol. The van der Waals surface area contributed by atoms with E-state index >= 15 is 0 Å². The molecule has 0 radical (unpaired) electrons. The van der Waals surface area contributed by atoms with Crippen LogP contribution in [0.2, 0.25) is 0 Å². The number of amides is 1. The van der Waals surface area contributed by atoms with Gasteiger partial charge < -0.3 is 19.5 Å². The third-order valence-corrected chi connectivity index (χ3v) is 2.88. The van der Waals surface area contributed by atoms with E-state index in [4.69, 9.17) is 14.6 Å². The number of ether oxygens (including phenoxy) is 2. The molecular formula is C15H21NO4. The highest BCUT2D eigenvalue weighted by Gasteiger charge is 2.13. The zero-order chi connectivity index (χ0) is 15.0. The second kappa shape index (κ2) is 8.22. The minimum absolute atomic E-state index is 0.0637. The number of rotatable bonds is 8. The van der Waals surface area contributed by atoms with E-state index in [1.54, 1.807) is 37.3 Å². The van der Waals surface area contributed by atoms with E-state index in [1.807, 2.05) is 6.07 Å². The molecule has 0 bridgehead atoms. The zero-order valence-corrected chi connectivity index (χ0v) is 12.0. The first-order valence-electron chi connectivity index (χ1n) is 6.36. The molecule has 1 amide bonds. The van der Waals surface area contributed by atoms with Crippen molar-refractivity contribution < 1.29 is 19.4 Å². The van der Waals surface area contributed by atoms with Crippen LogP contribution in [0, 0.1) is 0 Å². The Balaban J connectivity index is 2.80. The minimum Gasteiger partial charge on any atom is -0.493 e. The standard InChI is InChI=1S/C15H21NO4/c1-4-7-16(8-9-17)15(18)11-12-5-6-13(19-2)14(10-12)20-3/h4-6,10,17H,1,7-9,11H2,2-3H3.